The first-order valence-electron chi connectivity index (χ1n) is 8.26. The van der Waals surface area contributed by atoms with Crippen LogP contribution in [0.5, 0.6) is 5.75 Å². The number of halogens is 1. The number of carbonyl (C=O) groups is 1. The highest BCUT2D eigenvalue weighted by Crippen LogP contribution is 2.26. The first-order chi connectivity index (χ1) is 13.0. The number of benzene rings is 2. The Morgan fingerprint density at radius 3 is 2.78 bits per heavy atom. The molecule has 140 valence electrons. The van der Waals surface area contributed by atoms with Gasteiger partial charge in [-0.3, -0.25) is 4.79 Å². The monoisotopic (exact) mass is 386 g/mol. The van der Waals surface area contributed by atoms with E-state index in [4.69, 9.17) is 9.15 Å². The summed E-state index contributed by atoms with van der Waals surface area (Å²) in [7, 11) is 3.36. The zero-order valence-electron chi connectivity index (χ0n) is 15.0. The molecule has 3 aromatic rings. The van der Waals surface area contributed by atoms with Gasteiger partial charge in [0.15, 0.2) is 5.76 Å². The van der Waals surface area contributed by atoms with E-state index in [1.165, 1.54) is 23.9 Å². The van der Waals surface area contributed by atoms with Crippen LogP contribution in [0.15, 0.2) is 64.4 Å². The fourth-order valence-electron chi connectivity index (χ4n) is 2.44. The van der Waals surface area contributed by atoms with Crippen LogP contribution in [0, 0.1) is 5.82 Å². The molecule has 1 heterocycles. The number of ether oxygens (including phenoxy) is 1. The summed E-state index contributed by atoms with van der Waals surface area (Å²) >= 11 is 1.23. The molecule has 0 fully saturated rings. The Bertz CT molecular complexity index is 912. The van der Waals surface area contributed by atoms with Crippen molar-refractivity contribution in [3.05, 3.63) is 66.1 Å². The standard InChI is InChI=1S/C20H19FN2O3S/c1-23(12-14-4-3-5-17(10-14)25-2)19(24)13-27-20-22-11-18(26-20)15-6-8-16(21)9-7-15/h3-11H,12-13H2,1-2H3. The van der Waals surface area contributed by atoms with Gasteiger partial charge in [-0.05, 0) is 42.0 Å². The minimum Gasteiger partial charge on any atom is -0.497 e. The number of thioether (sulfide) groups is 1. The van der Waals surface area contributed by atoms with Crippen molar-refractivity contribution in [1.29, 1.82) is 0 Å². The van der Waals surface area contributed by atoms with Gasteiger partial charge in [-0.15, -0.1) is 0 Å². The van der Waals surface area contributed by atoms with Gasteiger partial charge < -0.3 is 14.1 Å². The average Bonchev–Trinajstić information content (AvgIpc) is 3.15. The number of carbonyl (C=O) groups excluding carboxylic acids is 1. The summed E-state index contributed by atoms with van der Waals surface area (Å²) in [5.74, 6) is 1.16. The van der Waals surface area contributed by atoms with Gasteiger partial charge in [-0.25, -0.2) is 9.37 Å². The van der Waals surface area contributed by atoms with Crippen molar-refractivity contribution in [2.45, 2.75) is 11.8 Å². The van der Waals surface area contributed by atoms with Gasteiger partial charge in [0.25, 0.3) is 5.22 Å². The summed E-state index contributed by atoms with van der Waals surface area (Å²) in [6, 6.07) is 13.6. The van der Waals surface area contributed by atoms with Crippen molar-refractivity contribution < 1.29 is 18.3 Å². The molecule has 0 spiro atoms. The van der Waals surface area contributed by atoms with E-state index in [2.05, 4.69) is 4.98 Å². The lowest BCUT2D eigenvalue weighted by Crippen LogP contribution is -2.27. The number of aromatic nitrogens is 1. The molecule has 0 radical (unpaired) electrons. The smallest absolute Gasteiger partial charge is 0.256 e. The maximum atomic E-state index is 13.0. The van der Waals surface area contributed by atoms with E-state index < -0.39 is 0 Å². The molecule has 7 heteroatoms. The zero-order valence-corrected chi connectivity index (χ0v) is 15.8. The van der Waals surface area contributed by atoms with Gasteiger partial charge in [0.05, 0.1) is 19.1 Å². The summed E-state index contributed by atoms with van der Waals surface area (Å²) in [5.41, 5.74) is 1.72. The van der Waals surface area contributed by atoms with Crippen LogP contribution in [-0.2, 0) is 11.3 Å². The first-order valence-corrected chi connectivity index (χ1v) is 9.25. The van der Waals surface area contributed by atoms with Crippen LogP contribution >= 0.6 is 11.8 Å². The van der Waals surface area contributed by atoms with Crippen LogP contribution in [0.2, 0.25) is 0 Å². The third-order valence-corrected chi connectivity index (χ3v) is 4.74. The molecule has 2 aromatic carbocycles. The normalized spacial score (nSPS) is 10.6. The van der Waals surface area contributed by atoms with Crippen LogP contribution in [0.1, 0.15) is 5.56 Å². The molecule has 27 heavy (non-hydrogen) atoms. The molecule has 0 aliphatic heterocycles. The molecule has 0 aliphatic rings. The fourth-order valence-corrected chi connectivity index (χ4v) is 3.18. The Kier molecular flexibility index (Phi) is 6.13. The van der Waals surface area contributed by atoms with Crippen LogP contribution in [0.4, 0.5) is 4.39 Å². The number of nitrogens with zero attached hydrogens (tertiary/aromatic N) is 2. The molecule has 1 aromatic heterocycles. The van der Waals surface area contributed by atoms with Gasteiger partial charge in [0.1, 0.15) is 11.6 Å². The van der Waals surface area contributed by atoms with E-state index in [0.717, 1.165) is 16.9 Å². The summed E-state index contributed by atoms with van der Waals surface area (Å²) in [4.78, 5) is 18.2. The molecule has 0 saturated heterocycles. The largest absolute Gasteiger partial charge is 0.497 e. The van der Waals surface area contributed by atoms with E-state index >= 15 is 0 Å². The van der Waals surface area contributed by atoms with Crippen LogP contribution in [0.3, 0.4) is 0 Å². The molecule has 3 rings (SSSR count). The number of methoxy groups -OCH3 is 1. The highest BCUT2D eigenvalue weighted by Gasteiger charge is 2.13. The highest BCUT2D eigenvalue weighted by atomic mass is 32.2. The minimum atomic E-state index is -0.308. The summed E-state index contributed by atoms with van der Waals surface area (Å²) < 4.78 is 23.8. The number of amides is 1. The number of rotatable bonds is 7. The van der Waals surface area contributed by atoms with Gasteiger partial charge in [0, 0.05) is 19.2 Å². The van der Waals surface area contributed by atoms with Crippen molar-refractivity contribution >= 4 is 17.7 Å². The van der Waals surface area contributed by atoms with Crippen molar-refractivity contribution in [3.63, 3.8) is 0 Å². The van der Waals surface area contributed by atoms with Gasteiger partial charge >= 0.3 is 0 Å². The molecule has 0 atom stereocenters. The first kappa shape index (κ1) is 19.0. The van der Waals surface area contributed by atoms with Gasteiger partial charge in [0.2, 0.25) is 5.91 Å². The fraction of sp³-hybridized carbons (Fsp3) is 0.200. The molecule has 0 bridgehead atoms. The van der Waals surface area contributed by atoms with Crippen molar-refractivity contribution in [2.75, 3.05) is 19.9 Å². The lowest BCUT2D eigenvalue weighted by atomic mass is 10.2. The maximum Gasteiger partial charge on any atom is 0.256 e. The van der Waals surface area contributed by atoms with E-state index in [9.17, 15) is 9.18 Å². The molecular weight excluding hydrogens is 367 g/mol. The summed E-state index contributed by atoms with van der Waals surface area (Å²) in [6.07, 6.45) is 1.57. The number of hydrogen-bond acceptors (Lipinski definition) is 5. The average molecular weight is 386 g/mol. The summed E-state index contributed by atoms with van der Waals surface area (Å²) in [6.45, 7) is 0.489. The molecule has 5 nitrogen and oxygen atoms in total. The van der Waals surface area contributed by atoms with Gasteiger partial charge in [-0.1, -0.05) is 23.9 Å². The van der Waals surface area contributed by atoms with E-state index in [1.54, 1.807) is 37.4 Å². The second kappa shape index (κ2) is 8.73. The predicted molar refractivity (Wildman–Crippen MR) is 102 cm³/mol. The minimum absolute atomic E-state index is 0.0376. The van der Waals surface area contributed by atoms with E-state index in [1.807, 2.05) is 24.3 Å². The second-order valence-corrected chi connectivity index (χ2v) is 6.81. The second-order valence-electron chi connectivity index (χ2n) is 5.89. The topological polar surface area (TPSA) is 55.6 Å². The molecule has 1 amide bonds. The molecule has 0 unspecified atom stereocenters. The number of oxazole rings is 1. The molecule has 0 saturated carbocycles. The Labute approximate surface area is 161 Å². The number of hydrogen-bond donors (Lipinski definition) is 0. The van der Waals surface area contributed by atoms with E-state index in [0.29, 0.717) is 17.5 Å². The van der Waals surface area contributed by atoms with Crippen molar-refractivity contribution in [3.8, 4) is 17.1 Å². The van der Waals surface area contributed by atoms with Gasteiger partial charge in [-0.2, -0.15) is 0 Å². The summed E-state index contributed by atoms with van der Waals surface area (Å²) in [5, 5.41) is 0.400. The highest BCUT2D eigenvalue weighted by molar-refractivity contribution is 7.99. The molecular formula is C20H19FN2O3S. The maximum absolute atomic E-state index is 13.0. The quantitative estimate of drug-likeness (QED) is 0.569. The van der Waals surface area contributed by atoms with Crippen LogP contribution < -0.4 is 4.74 Å². The van der Waals surface area contributed by atoms with Crippen LogP contribution in [0.25, 0.3) is 11.3 Å². The van der Waals surface area contributed by atoms with Crippen molar-refractivity contribution in [2.24, 2.45) is 0 Å². The molecule has 0 N–H and O–H groups in total. The lowest BCUT2D eigenvalue weighted by molar-refractivity contribution is -0.127. The third-order valence-electron chi connectivity index (χ3n) is 3.91. The van der Waals surface area contributed by atoms with Crippen LogP contribution in [-0.4, -0.2) is 35.7 Å². The Morgan fingerprint density at radius 2 is 2.04 bits per heavy atom. The molecule has 0 aliphatic carbocycles. The Balaban J connectivity index is 1.54. The predicted octanol–water partition coefficient (Wildman–Crippen LogP) is 4.24. The Morgan fingerprint density at radius 1 is 1.26 bits per heavy atom. The lowest BCUT2D eigenvalue weighted by Gasteiger charge is -2.17. The third kappa shape index (κ3) is 5.10. The zero-order chi connectivity index (χ0) is 19.2. The SMILES string of the molecule is COc1cccc(CN(C)C(=O)CSc2ncc(-c3ccc(F)cc3)o2)c1. The van der Waals surface area contributed by atoms with Crippen molar-refractivity contribution in [1.82, 2.24) is 9.88 Å². The van der Waals surface area contributed by atoms with E-state index in [-0.39, 0.29) is 17.5 Å². The Hall–Kier alpha value is -2.80.